The summed E-state index contributed by atoms with van der Waals surface area (Å²) in [5, 5.41) is 0.543. The third-order valence-electron chi connectivity index (χ3n) is 4.58. The number of rotatable bonds is 7. The van der Waals surface area contributed by atoms with Gasteiger partial charge < -0.3 is 30.7 Å². The number of nitrogen functional groups attached to an aromatic ring is 1. The molecule has 1 saturated heterocycles. The molecule has 0 spiro atoms. The van der Waals surface area contributed by atoms with Crippen LogP contribution in [-0.2, 0) is 4.74 Å². The fraction of sp³-hybridized carbons (Fsp3) is 0.588. The van der Waals surface area contributed by atoms with Gasteiger partial charge in [-0.25, -0.2) is 4.79 Å². The van der Waals surface area contributed by atoms with Crippen LogP contribution in [0.1, 0.15) is 19.3 Å². The summed E-state index contributed by atoms with van der Waals surface area (Å²) < 4.78 is 10.1. The van der Waals surface area contributed by atoms with Gasteiger partial charge in [0.1, 0.15) is 0 Å². The molecular weight excluding hydrogens is 344 g/mol. The zero-order valence-electron chi connectivity index (χ0n) is 14.8. The minimum absolute atomic E-state index is 0.241. The number of anilines is 2. The molecule has 8 heteroatoms. The molecule has 0 aromatic heterocycles. The van der Waals surface area contributed by atoms with Crippen LogP contribution in [0.15, 0.2) is 12.1 Å². The van der Waals surface area contributed by atoms with Gasteiger partial charge in [-0.3, -0.25) is 0 Å². The lowest BCUT2D eigenvalue weighted by atomic mass is 10.0. The highest BCUT2D eigenvalue weighted by Gasteiger charge is 2.24. The summed E-state index contributed by atoms with van der Waals surface area (Å²) in [5.74, 6) is 0.241. The highest BCUT2D eigenvalue weighted by molar-refractivity contribution is 6.33. The second-order valence-electron chi connectivity index (χ2n) is 6.31. The van der Waals surface area contributed by atoms with Gasteiger partial charge in [0.05, 0.1) is 16.4 Å². The minimum atomic E-state index is -0.892. The first-order valence-electron chi connectivity index (χ1n) is 8.42. The van der Waals surface area contributed by atoms with E-state index >= 15 is 0 Å². The number of amides is 1. The summed E-state index contributed by atoms with van der Waals surface area (Å²) in [4.78, 5) is 15.6. The van der Waals surface area contributed by atoms with Crippen LogP contribution >= 0.6 is 11.6 Å². The molecule has 25 heavy (non-hydrogen) atoms. The van der Waals surface area contributed by atoms with Crippen molar-refractivity contribution in [2.24, 2.45) is 5.73 Å². The summed E-state index contributed by atoms with van der Waals surface area (Å²) in [7, 11) is 3.88. The van der Waals surface area contributed by atoms with E-state index in [0.29, 0.717) is 16.8 Å². The number of nitrogens with zero attached hydrogens (tertiary/aromatic N) is 2. The molecule has 1 aliphatic heterocycles. The SMILES string of the molecule is COCCCN(C)C1CCN(c2cc(OC(N)=O)c(N)cc2Cl)CC1. The molecular formula is C17H27ClN4O3. The van der Waals surface area contributed by atoms with Crippen molar-refractivity contribution in [1.82, 2.24) is 4.90 Å². The standard InChI is InChI=1S/C17H27ClN4O3/c1-21(6-3-9-24-2)12-4-7-22(8-5-12)15-11-16(25-17(20)23)14(19)10-13(15)18/h10-12H,3-9,19H2,1-2H3,(H2,20,23). The first-order chi connectivity index (χ1) is 11.9. The Morgan fingerprint density at radius 2 is 2.08 bits per heavy atom. The number of methoxy groups -OCH3 is 1. The molecule has 140 valence electrons. The van der Waals surface area contributed by atoms with Gasteiger partial charge in [-0.05, 0) is 32.4 Å². The number of carbonyl (C=O) groups is 1. The number of benzene rings is 1. The first-order valence-corrected chi connectivity index (χ1v) is 8.80. The Balaban J connectivity index is 1.99. The van der Waals surface area contributed by atoms with E-state index in [-0.39, 0.29) is 5.75 Å². The molecule has 1 amide bonds. The summed E-state index contributed by atoms with van der Waals surface area (Å²) in [5.41, 5.74) is 12.0. The molecule has 0 atom stereocenters. The quantitative estimate of drug-likeness (QED) is 0.565. The first kappa shape index (κ1) is 19.6. The molecule has 0 radical (unpaired) electrons. The largest absolute Gasteiger partial charge is 0.410 e. The maximum atomic E-state index is 11.0. The van der Waals surface area contributed by atoms with Crippen molar-refractivity contribution in [3.63, 3.8) is 0 Å². The molecule has 0 aliphatic carbocycles. The van der Waals surface area contributed by atoms with Gasteiger partial charge in [0.25, 0.3) is 0 Å². The Morgan fingerprint density at radius 1 is 1.40 bits per heavy atom. The van der Waals surface area contributed by atoms with Crippen molar-refractivity contribution < 1.29 is 14.3 Å². The number of nitrogens with two attached hydrogens (primary N) is 2. The van der Waals surface area contributed by atoms with E-state index in [2.05, 4.69) is 16.8 Å². The van der Waals surface area contributed by atoms with E-state index in [0.717, 1.165) is 51.2 Å². The molecule has 0 unspecified atom stereocenters. The average molecular weight is 371 g/mol. The van der Waals surface area contributed by atoms with Crippen molar-refractivity contribution >= 4 is 29.1 Å². The Kier molecular flexibility index (Phi) is 7.16. The third kappa shape index (κ3) is 5.39. The number of ether oxygens (including phenoxy) is 2. The monoisotopic (exact) mass is 370 g/mol. The van der Waals surface area contributed by atoms with Crippen LogP contribution < -0.4 is 21.1 Å². The predicted molar refractivity (Wildman–Crippen MR) is 100 cm³/mol. The molecule has 0 saturated carbocycles. The van der Waals surface area contributed by atoms with Crippen LogP contribution in [-0.4, -0.2) is 57.4 Å². The lowest BCUT2D eigenvalue weighted by Crippen LogP contribution is -2.44. The van der Waals surface area contributed by atoms with Crippen LogP contribution in [0, 0.1) is 0 Å². The maximum absolute atomic E-state index is 11.0. The van der Waals surface area contributed by atoms with Gasteiger partial charge in [-0.1, -0.05) is 11.6 Å². The second-order valence-corrected chi connectivity index (χ2v) is 6.71. The van der Waals surface area contributed by atoms with E-state index < -0.39 is 6.09 Å². The van der Waals surface area contributed by atoms with Crippen molar-refractivity contribution in [3.8, 4) is 5.75 Å². The smallest absolute Gasteiger partial charge is 0.408 e. The Hall–Kier alpha value is -1.70. The summed E-state index contributed by atoms with van der Waals surface area (Å²) >= 11 is 6.34. The maximum Gasteiger partial charge on any atom is 0.410 e. The summed E-state index contributed by atoms with van der Waals surface area (Å²) in [6.45, 7) is 3.56. The number of hydrogen-bond acceptors (Lipinski definition) is 6. The second kappa shape index (κ2) is 9.12. The molecule has 7 nitrogen and oxygen atoms in total. The number of primary amides is 1. The van der Waals surface area contributed by atoms with Crippen molar-refractivity contribution in [2.75, 3.05) is 51.0 Å². The molecule has 2 rings (SSSR count). The van der Waals surface area contributed by atoms with E-state index in [1.54, 1.807) is 19.2 Å². The Morgan fingerprint density at radius 3 is 2.68 bits per heavy atom. The van der Waals surface area contributed by atoms with Gasteiger partial charge >= 0.3 is 6.09 Å². The molecule has 1 aromatic rings. The number of hydrogen-bond donors (Lipinski definition) is 2. The van der Waals surface area contributed by atoms with E-state index in [4.69, 9.17) is 32.5 Å². The Labute approximate surface area is 153 Å². The summed E-state index contributed by atoms with van der Waals surface area (Å²) in [6.07, 6.45) is 2.22. The number of carbonyl (C=O) groups excluding carboxylic acids is 1. The molecule has 0 bridgehead atoms. The molecule has 4 N–H and O–H groups in total. The zero-order chi connectivity index (χ0) is 18.4. The topological polar surface area (TPSA) is 94.0 Å². The molecule has 1 aromatic carbocycles. The van der Waals surface area contributed by atoms with Crippen molar-refractivity contribution in [1.29, 1.82) is 0 Å². The fourth-order valence-corrected chi connectivity index (χ4v) is 3.48. The number of piperidine rings is 1. The molecule has 1 heterocycles. The van der Waals surface area contributed by atoms with Gasteiger partial charge in [-0.15, -0.1) is 0 Å². The van der Waals surface area contributed by atoms with E-state index in [9.17, 15) is 4.79 Å². The predicted octanol–water partition coefficient (Wildman–Crippen LogP) is 2.32. The summed E-state index contributed by atoms with van der Waals surface area (Å²) in [6, 6.07) is 3.82. The lowest BCUT2D eigenvalue weighted by Gasteiger charge is -2.38. The number of halogens is 1. The van der Waals surface area contributed by atoms with E-state index in [1.165, 1.54) is 0 Å². The van der Waals surface area contributed by atoms with Crippen LogP contribution in [0.2, 0.25) is 5.02 Å². The van der Waals surface area contributed by atoms with Crippen LogP contribution in [0.25, 0.3) is 0 Å². The normalized spacial score (nSPS) is 15.6. The minimum Gasteiger partial charge on any atom is -0.408 e. The third-order valence-corrected chi connectivity index (χ3v) is 4.88. The van der Waals surface area contributed by atoms with Crippen molar-refractivity contribution in [3.05, 3.63) is 17.2 Å². The van der Waals surface area contributed by atoms with Gasteiger partial charge in [-0.2, -0.15) is 0 Å². The van der Waals surface area contributed by atoms with E-state index in [1.807, 2.05) is 0 Å². The van der Waals surface area contributed by atoms with Crippen LogP contribution in [0.4, 0.5) is 16.2 Å². The van der Waals surface area contributed by atoms with Gasteiger partial charge in [0, 0.05) is 45.5 Å². The van der Waals surface area contributed by atoms with Crippen LogP contribution in [0.5, 0.6) is 5.75 Å². The Bertz CT molecular complexity index is 592. The fourth-order valence-electron chi connectivity index (χ4n) is 3.19. The van der Waals surface area contributed by atoms with Crippen LogP contribution in [0.3, 0.4) is 0 Å². The highest BCUT2D eigenvalue weighted by atomic mass is 35.5. The zero-order valence-corrected chi connectivity index (χ0v) is 15.6. The average Bonchev–Trinajstić information content (AvgIpc) is 2.57. The lowest BCUT2D eigenvalue weighted by molar-refractivity contribution is 0.156. The highest BCUT2D eigenvalue weighted by Crippen LogP contribution is 2.36. The van der Waals surface area contributed by atoms with Gasteiger partial charge in [0.15, 0.2) is 5.75 Å². The molecule has 1 fully saturated rings. The van der Waals surface area contributed by atoms with Crippen molar-refractivity contribution in [2.45, 2.75) is 25.3 Å². The molecule has 1 aliphatic rings. The van der Waals surface area contributed by atoms with Gasteiger partial charge in [0.2, 0.25) is 0 Å².